The van der Waals surface area contributed by atoms with Gasteiger partial charge in [-0.1, -0.05) is 11.6 Å². The molecule has 1 amide bonds. The first-order chi connectivity index (χ1) is 9.97. The first kappa shape index (κ1) is 16.1. The number of aliphatic hydroxyl groups excluding tert-OH is 2. The molecule has 1 heterocycles. The summed E-state index contributed by atoms with van der Waals surface area (Å²) in [4.78, 5) is 13.6. The van der Waals surface area contributed by atoms with Crippen LogP contribution in [0.2, 0.25) is 5.02 Å². The maximum atomic E-state index is 13.8. The van der Waals surface area contributed by atoms with Crippen molar-refractivity contribution < 1.29 is 23.8 Å². The predicted octanol–water partition coefficient (Wildman–Crippen LogP) is 1.68. The zero-order chi connectivity index (χ0) is 15.6. The summed E-state index contributed by atoms with van der Waals surface area (Å²) in [5.74, 6) is -2.59. The van der Waals surface area contributed by atoms with Crippen LogP contribution in [0.3, 0.4) is 0 Å². The van der Waals surface area contributed by atoms with Crippen LogP contribution in [0.15, 0.2) is 12.1 Å². The van der Waals surface area contributed by atoms with Crippen molar-refractivity contribution in [1.82, 2.24) is 4.90 Å². The second-order valence-corrected chi connectivity index (χ2v) is 5.58. The summed E-state index contributed by atoms with van der Waals surface area (Å²) < 4.78 is 27.2. The van der Waals surface area contributed by atoms with Gasteiger partial charge in [-0.25, -0.2) is 8.78 Å². The molecule has 21 heavy (non-hydrogen) atoms. The molecule has 1 aliphatic heterocycles. The van der Waals surface area contributed by atoms with Crippen molar-refractivity contribution in [3.05, 3.63) is 34.4 Å². The Morgan fingerprint density at radius 2 is 1.90 bits per heavy atom. The van der Waals surface area contributed by atoms with Crippen LogP contribution in [0.25, 0.3) is 0 Å². The molecule has 4 nitrogen and oxygen atoms in total. The van der Waals surface area contributed by atoms with Gasteiger partial charge in [0.2, 0.25) is 0 Å². The highest BCUT2D eigenvalue weighted by Crippen LogP contribution is 2.28. The molecule has 0 aromatic heterocycles. The molecule has 1 aliphatic rings. The number of halogens is 3. The van der Waals surface area contributed by atoms with Crippen LogP contribution < -0.4 is 0 Å². The van der Waals surface area contributed by atoms with E-state index < -0.39 is 17.5 Å². The molecule has 1 fully saturated rings. The molecule has 1 aromatic rings. The zero-order valence-corrected chi connectivity index (χ0v) is 12.0. The lowest BCUT2D eigenvalue weighted by Gasteiger charge is -2.17. The van der Waals surface area contributed by atoms with Gasteiger partial charge >= 0.3 is 0 Å². The van der Waals surface area contributed by atoms with Crippen LogP contribution in [0.5, 0.6) is 0 Å². The summed E-state index contributed by atoms with van der Waals surface area (Å²) in [5, 5.41) is 17.9. The number of amides is 1. The molecule has 0 aliphatic carbocycles. The Labute approximate surface area is 125 Å². The molecule has 0 spiro atoms. The van der Waals surface area contributed by atoms with Crippen molar-refractivity contribution in [2.75, 3.05) is 26.3 Å². The summed E-state index contributed by atoms with van der Waals surface area (Å²) in [7, 11) is 0. The van der Waals surface area contributed by atoms with Crippen LogP contribution in [0, 0.1) is 23.5 Å². The Morgan fingerprint density at radius 3 is 2.52 bits per heavy atom. The molecule has 7 heteroatoms. The Bertz CT molecular complexity index is 541. The molecular formula is C14H16ClF2NO3. The number of carbonyl (C=O) groups excluding carboxylic acids is 1. The Balaban J connectivity index is 2.19. The summed E-state index contributed by atoms with van der Waals surface area (Å²) in [5.41, 5.74) is -0.377. The lowest BCUT2D eigenvalue weighted by atomic mass is 9.94. The topological polar surface area (TPSA) is 60.8 Å². The highest BCUT2D eigenvalue weighted by atomic mass is 35.5. The maximum Gasteiger partial charge on any atom is 0.256 e. The van der Waals surface area contributed by atoms with Gasteiger partial charge in [0.05, 0.1) is 10.6 Å². The van der Waals surface area contributed by atoms with E-state index in [-0.39, 0.29) is 42.2 Å². The van der Waals surface area contributed by atoms with Gasteiger partial charge in [0.15, 0.2) is 0 Å². The average molecular weight is 320 g/mol. The molecule has 1 saturated heterocycles. The van der Waals surface area contributed by atoms with Crippen molar-refractivity contribution in [2.24, 2.45) is 11.8 Å². The van der Waals surface area contributed by atoms with Gasteiger partial charge in [0.1, 0.15) is 11.6 Å². The van der Waals surface area contributed by atoms with E-state index in [1.165, 1.54) is 4.90 Å². The largest absolute Gasteiger partial charge is 0.396 e. The standard InChI is InChI=1S/C14H16ClF2NO3/c15-11-4-12(16)10(3-13(11)17)14(21)18-5-8(1-2-19)9(6-18)7-20/h3-4,8-9,19-20H,1-2,5-7H2. The van der Waals surface area contributed by atoms with Crippen LogP contribution in [-0.4, -0.2) is 47.3 Å². The van der Waals surface area contributed by atoms with Crippen LogP contribution in [0.1, 0.15) is 16.8 Å². The molecule has 2 rings (SSSR count). The number of aliphatic hydroxyl groups is 2. The summed E-state index contributed by atoms with van der Waals surface area (Å²) in [6.07, 6.45) is 0.451. The first-order valence-electron chi connectivity index (χ1n) is 6.63. The van der Waals surface area contributed by atoms with E-state index in [2.05, 4.69) is 0 Å². The number of hydrogen-bond acceptors (Lipinski definition) is 3. The number of carbonyl (C=O) groups is 1. The Morgan fingerprint density at radius 1 is 1.24 bits per heavy atom. The van der Waals surface area contributed by atoms with Gasteiger partial charge in [0, 0.05) is 32.2 Å². The van der Waals surface area contributed by atoms with Gasteiger partial charge in [-0.15, -0.1) is 0 Å². The van der Waals surface area contributed by atoms with Gasteiger partial charge < -0.3 is 15.1 Å². The minimum absolute atomic E-state index is 0.0485. The van der Waals surface area contributed by atoms with Gasteiger partial charge in [-0.3, -0.25) is 4.79 Å². The summed E-state index contributed by atoms with van der Waals surface area (Å²) in [6, 6.07) is 1.56. The molecular weight excluding hydrogens is 304 g/mol. The van der Waals surface area contributed by atoms with Gasteiger partial charge in [-0.2, -0.15) is 0 Å². The zero-order valence-electron chi connectivity index (χ0n) is 11.2. The third kappa shape index (κ3) is 3.33. The van der Waals surface area contributed by atoms with Crippen molar-refractivity contribution >= 4 is 17.5 Å². The van der Waals surface area contributed by atoms with Crippen molar-refractivity contribution in [3.63, 3.8) is 0 Å². The second-order valence-electron chi connectivity index (χ2n) is 5.17. The normalized spacial score (nSPS) is 21.9. The highest BCUT2D eigenvalue weighted by molar-refractivity contribution is 6.30. The quantitative estimate of drug-likeness (QED) is 0.830. The first-order valence-corrected chi connectivity index (χ1v) is 7.01. The third-order valence-corrected chi connectivity index (χ3v) is 4.13. The van der Waals surface area contributed by atoms with Crippen molar-refractivity contribution in [1.29, 1.82) is 0 Å². The van der Waals surface area contributed by atoms with E-state index in [0.717, 1.165) is 12.1 Å². The predicted molar refractivity (Wildman–Crippen MR) is 73.0 cm³/mol. The second kappa shape index (κ2) is 6.68. The minimum atomic E-state index is -0.877. The third-order valence-electron chi connectivity index (χ3n) is 3.84. The van der Waals surface area contributed by atoms with E-state index in [0.29, 0.717) is 13.0 Å². The van der Waals surface area contributed by atoms with Gasteiger partial charge in [0.25, 0.3) is 5.91 Å². The Hall–Kier alpha value is -1.24. The average Bonchev–Trinajstić information content (AvgIpc) is 2.85. The molecule has 2 atom stereocenters. The monoisotopic (exact) mass is 319 g/mol. The fourth-order valence-corrected chi connectivity index (χ4v) is 2.81. The molecule has 0 saturated carbocycles. The van der Waals surface area contributed by atoms with E-state index in [1.54, 1.807) is 0 Å². The molecule has 2 unspecified atom stereocenters. The number of likely N-dealkylation sites (tertiary alicyclic amines) is 1. The number of nitrogens with zero attached hydrogens (tertiary/aromatic N) is 1. The SMILES string of the molecule is O=C(c1cc(F)c(Cl)cc1F)N1CC(CO)C(CCO)C1. The Kier molecular flexibility index (Phi) is 5.13. The number of benzene rings is 1. The van der Waals surface area contributed by atoms with Crippen LogP contribution >= 0.6 is 11.6 Å². The maximum absolute atomic E-state index is 13.8. The van der Waals surface area contributed by atoms with Crippen LogP contribution in [0.4, 0.5) is 8.78 Å². The molecule has 116 valence electrons. The lowest BCUT2D eigenvalue weighted by molar-refractivity contribution is 0.0774. The van der Waals surface area contributed by atoms with Crippen molar-refractivity contribution in [3.8, 4) is 0 Å². The van der Waals surface area contributed by atoms with E-state index in [4.69, 9.17) is 16.7 Å². The summed E-state index contributed by atoms with van der Waals surface area (Å²) in [6.45, 7) is 0.386. The summed E-state index contributed by atoms with van der Waals surface area (Å²) >= 11 is 5.46. The van der Waals surface area contributed by atoms with E-state index >= 15 is 0 Å². The van der Waals surface area contributed by atoms with Crippen molar-refractivity contribution in [2.45, 2.75) is 6.42 Å². The fraction of sp³-hybridized carbons (Fsp3) is 0.500. The molecule has 0 radical (unpaired) electrons. The molecule has 1 aromatic carbocycles. The fourth-order valence-electron chi connectivity index (χ4n) is 2.66. The molecule has 2 N–H and O–H groups in total. The van der Waals surface area contributed by atoms with Crippen LogP contribution in [-0.2, 0) is 0 Å². The number of hydrogen-bond donors (Lipinski definition) is 2. The van der Waals surface area contributed by atoms with E-state index in [1.807, 2.05) is 0 Å². The minimum Gasteiger partial charge on any atom is -0.396 e. The molecule has 0 bridgehead atoms. The highest BCUT2D eigenvalue weighted by Gasteiger charge is 2.35. The van der Waals surface area contributed by atoms with E-state index in [9.17, 15) is 18.7 Å². The van der Waals surface area contributed by atoms with Gasteiger partial charge in [-0.05, 0) is 24.5 Å². The number of rotatable bonds is 4. The smallest absolute Gasteiger partial charge is 0.256 e. The lowest BCUT2D eigenvalue weighted by Crippen LogP contribution is -2.30.